The molecule has 1 nitrogen and oxygen atoms in total. The SMILES string of the molecule is CC1CCC1Nc1cc(F)cc(Cl)c1. The Labute approximate surface area is 88.3 Å². The van der Waals surface area contributed by atoms with E-state index in [-0.39, 0.29) is 5.82 Å². The minimum atomic E-state index is -0.285. The van der Waals surface area contributed by atoms with Crippen LogP contribution in [0.15, 0.2) is 18.2 Å². The van der Waals surface area contributed by atoms with Crippen LogP contribution in [-0.4, -0.2) is 6.04 Å². The fourth-order valence-corrected chi connectivity index (χ4v) is 1.95. The van der Waals surface area contributed by atoms with Gasteiger partial charge in [0.25, 0.3) is 0 Å². The van der Waals surface area contributed by atoms with Gasteiger partial charge in [-0.15, -0.1) is 0 Å². The summed E-state index contributed by atoms with van der Waals surface area (Å²) in [7, 11) is 0. The van der Waals surface area contributed by atoms with Crippen LogP contribution in [0.4, 0.5) is 10.1 Å². The molecule has 1 fully saturated rings. The Morgan fingerprint density at radius 3 is 2.64 bits per heavy atom. The molecule has 1 N–H and O–H groups in total. The van der Waals surface area contributed by atoms with Crippen molar-refractivity contribution < 1.29 is 4.39 Å². The van der Waals surface area contributed by atoms with Crippen LogP contribution in [0.1, 0.15) is 19.8 Å². The standard InChI is InChI=1S/C11H13ClFN/c1-7-2-3-11(7)14-10-5-8(12)4-9(13)6-10/h4-7,11,14H,2-3H2,1H3. The number of anilines is 1. The minimum Gasteiger partial charge on any atom is -0.382 e. The molecule has 0 amide bonds. The largest absolute Gasteiger partial charge is 0.382 e. The first kappa shape index (κ1) is 9.78. The number of hydrogen-bond acceptors (Lipinski definition) is 1. The molecule has 0 radical (unpaired) electrons. The summed E-state index contributed by atoms with van der Waals surface area (Å²) in [6, 6.07) is 5.04. The van der Waals surface area contributed by atoms with Gasteiger partial charge in [0.1, 0.15) is 5.82 Å². The van der Waals surface area contributed by atoms with Crippen molar-refractivity contribution in [3.63, 3.8) is 0 Å². The summed E-state index contributed by atoms with van der Waals surface area (Å²) in [5.74, 6) is 0.393. The Kier molecular flexibility index (Phi) is 2.64. The van der Waals surface area contributed by atoms with Crippen LogP contribution in [0, 0.1) is 11.7 Å². The van der Waals surface area contributed by atoms with E-state index in [0.717, 1.165) is 12.1 Å². The van der Waals surface area contributed by atoms with Gasteiger partial charge < -0.3 is 5.32 Å². The molecule has 0 spiro atoms. The van der Waals surface area contributed by atoms with Crippen molar-refractivity contribution >= 4 is 17.3 Å². The quantitative estimate of drug-likeness (QED) is 0.790. The Bertz CT molecular complexity index is 320. The molecule has 2 rings (SSSR count). The van der Waals surface area contributed by atoms with E-state index in [4.69, 9.17) is 11.6 Å². The van der Waals surface area contributed by atoms with Crippen molar-refractivity contribution in [2.75, 3.05) is 5.32 Å². The first-order valence-corrected chi connectivity index (χ1v) is 5.25. The van der Waals surface area contributed by atoms with Gasteiger partial charge in [0.15, 0.2) is 0 Å². The van der Waals surface area contributed by atoms with Gasteiger partial charge in [-0.3, -0.25) is 0 Å². The molecule has 14 heavy (non-hydrogen) atoms. The lowest BCUT2D eigenvalue weighted by molar-refractivity contribution is 0.303. The van der Waals surface area contributed by atoms with Crippen LogP contribution >= 0.6 is 11.6 Å². The number of nitrogens with one attached hydrogen (secondary N) is 1. The zero-order chi connectivity index (χ0) is 10.1. The molecule has 3 heteroatoms. The maximum Gasteiger partial charge on any atom is 0.126 e. The second-order valence-electron chi connectivity index (χ2n) is 3.96. The highest BCUT2D eigenvalue weighted by Gasteiger charge is 2.26. The third-order valence-electron chi connectivity index (χ3n) is 2.83. The highest BCUT2D eigenvalue weighted by atomic mass is 35.5. The molecule has 76 valence electrons. The molecule has 1 saturated carbocycles. The van der Waals surface area contributed by atoms with Gasteiger partial charge in [-0.05, 0) is 37.0 Å². The van der Waals surface area contributed by atoms with E-state index < -0.39 is 0 Å². The highest BCUT2D eigenvalue weighted by Crippen LogP contribution is 2.30. The summed E-state index contributed by atoms with van der Waals surface area (Å²) >= 11 is 5.75. The smallest absolute Gasteiger partial charge is 0.126 e. The van der Waals surface area contributed by atoms with Crippen LogP contribution in [0.3, 0.4) is 0 Å². The normalized spacial score (nSPS) is 25.6. The molecule has 0 saturated heterocycles. The van der Waals surface area contributed by atoms with Gasteiger partial charge in [-0.25, -0.2) is 4.39 Å². The van der Waals surface area contributed by atoms with Gasteiger partial charge in [-0.2, -0.15) is 0 Å². The summed E-state index contributed by atoms with van der Waals surface area (Å²) in [5, 5.41) is 3.73. The lowest BCUT2D eigenvalue weighted by Gasteiger charge is -2.35. The van der Waals surface area contributed by atoms with Crippen molar-refractivity contribution in [1.82, 2.24) is 0 Å². The molecule has 2 atom stereocenters. The highest BCUT2D eigenvalue weighted by molar-refractivity contribution is 6.30. The van der Waals surface area contributed by atoms with E-state index in [9.17, 15) is 4.39 Å². The van der Waals surface area contributed by atoms with E-state index in [0.29, 0.717) is 17.0 Å². The van der Waals surface area contributed by atoms with Crippen LogP contribution in [0.2, 0.25) is 5.02 Å². The lowest BCUT2D eigenvalue weighted by Crippen LogP contribution is -2.36. The van der Waals surface area contributed by atoms with Crippen LogP contribution in [-0.2, 0) is 0 Å². The van der Waals surface area contributed by atoms with Crippen molar-refractivity contribution in [2.45, 2.75) is 25.8 Å². The monoisotopic (exact) mass is 213 g/mol. The van der Waals surface area contributed by atoms with Crippen LogP contribution < -0.4 is 5.32 Å². The van der Waals surface area contributed by atoms with Crippen LogP contribution in [0.5, 0.6) is 0 Å². The first-order valence-electron chi connectivity index (χ1n) is 4.88. The molecule has 1 aromatic carbocycles. The van der Waals surface area contributed by atoms with Crippen molar-refractivity contribution in [1.29, 1.82) is 0 Å². The Hall–Kier alpha value is -0.760. The van der Waals surface area contributed by atoms with Crippen molar-refractivity contribution in [2.24, 2.45) is 5.92 Å². The van der Waals surface area contributed by atoms with E-state index >= 15 is 0 Å². The van der Waals surface area contributed by atoms with Crippen LogP contribution in [0.25, 0.3) is 0 Å². The zero-order valence-corrected chi connectivity index (χ0v) is 8.81. The second-order valence-corrected chi connectivity index (χ2v) is 4.40. The summed E-state index contributed by atoms with van der Waals surface area (Å²) < 4.78 is 13.0. The average molecular weight is 214 g/mol. The molecule has 1 aromatic rings. The fraction of sp³-hybridized carbons (Fsp3) is 0.455. The molecule has 0 aliphatic heterocycles. The predicted octanol–water partition coefficient (Wildman–Crippen LogP) is 3.69. The molecule has 1 aliphatic rings. The second kappa shape index (κ2) is 3.77. The minimum absolute atomic E-state index is 0.285. The van der Waals surface area contributed by atoms with E-state index in [1.165, 1.54) is 18.6 Å². The summed E-state index contributed by atoms with van der Waals surface area (Å²) in [6.07, 6.45) is 2.41. The lowest BCUT2D eigenvalue weighted by atomic mass is 9.81. The maximum atomic E-state index is 13.0. The average Bonchev–Trinajstić information content (AvgIpc) is 2.10. The number of hydrogen-bond donors (Lipinski definition) is 1. The molecular weight excluding hydrogens is 201 g/mol. The van der Waals surface area contributed by atoms with Gasteiger partial charge >= 0.3 is 0 Å². The molecule has 0 bridgehead atoms. The maximum absolute atomic E-state index is 13.0. The summed E-state index contributed by atoms with van der Waals surface area (Å²) in [4.78, 5) is 0. The topological polar surface area (TPSA) is 12.0 Å². The number of rotatable bonds is 2. The molecule has 1 aliphatic carbocycles. The third kappa shape index (κ3) is 2.01. The summed E-state index contributed by atoms with van der Waals surface area (Å²) in [5.41, 5.74) is 0.784. The van der Waals surface area contributed by atoms with Gasteiger partial charge in [0.2, 0.25) is 0 Å². The van der Waals surface area contributed by atoms with Crippen molar-refractivity contribution in [3.8, 4) is 0 Å². The summed E-state index contributed by atoms with van der Waals surface area (Å²) in [6.45, 7) is 2.20. The predicted molar refractivity (Wildman–Crippen MR) is 57.2 cm³/mol. The van der Waals surface area contributed by atoms with Gasteiger partial charge in [0, 0.05) is 16.8 Å². The number of halogens is 2. The fourth-order valence-electron chi connectivity index (χ4n) is 1.73. The van der Waals surface area contributed by atoms with E-state index in [1.54, 1.807) is 6.07 Å². The molecule has 0 aromatic heterocycles. The van der Waals surface area contributed by atoms with Gasteiger partial charge in [0.05, 0.1) is 0 Å². The first-order chi connectivity index (χ1) is 6.65. The number of benzene rings is 1. The van der Waals surface area contributed by atoms with E-state index in [2.05, 4.69) is 12.2 Å². The third-order valence-corrected chi connectivity index (χ3v) is 3.05. The zero-order valence-electron chi connectivity index (χ0n) is 8.06. The molecule has 2 unspecified atom stereocenters. The Morgan fingerprint density at radius 1 is 1.36 bits per heavy atom. The van der Waals surface area contributed by atoms with Gasteiger partial charge in [-0.1, -0.05) is 18.5 Å². The molecule has 0 heterocycles. The Morgan fingerprint density at radius 2 is 2.14 bits per heavy atom. The van der Waals surface area contributed by atoms with Crippen molar-refractivity contribution in [3.05, 3.63) is 29.0 Å². The Balaban J connectivity index is 2.08. The van der Waals surface area contributed by atoms with E-state index in [1.807, 2.05) is 0 Å². The molecular formula is C11H13ClFN.